The van der Waals surface area contributed by atoms with Gasteiger partial charge in [-0.3, -0.25) is 14.7 Å². The third-order valence-electron chi connectivity index (χ3n) is 7.29. The average molecular weight is 741 g/mol. The van der Waals surface area contributed by atoms with Crippen LogP contribution >= 0.6 is 27.5 Å². The second kappa shape index (κ2) is 11.9. The molecule has 2 aliphatic rings. The van der Waals surface area contributed by atoms with E-state index in [4.69, 9.17) is 16.3 Å². The number of likely N-dealkylation sites (tertiary alicyclic amines) is 2. The average Bonchev–Trinajstić information content (AvgIpc) is 3.31. The first-order valence-electron chi connectivity index (χ1n) is 12.6. The maximum Gasteiger partial charge on any atom is 0.425 e. The second-order valence-corrected chi connectivity index (χ2v) is 14.0. The van der Waals surface area contributed by atoms with Gasteiger partial charge >= 0.3 is 18.3 Å². The number of aliphatic carboxylic acids is 1. The summed E-state index contributed by atoms with van der Waals surface area (Å²) in [5.74, 6) is -4.21. The normalized spacial score (nSPS) is 21.5. The minimum atomic E-state index is -4.72. The van der Waals surface area contributed by atoms with Gasteiger partial charge in [-0.2, -0.15) is 26.3 Å². The number of pyridine rings is 1. The second-order valence-electron chi connectivity index (χ2n) is 10.4. The zero-order valence-electron chi connectivity index (χ0n) is 22.3. The minimum absolute atomic E-state index is 0.157. The van der Waals surface area contributed by atoms with E-state index in [1.807, 2.05) is 0 Å². The van der Waals surface area contributed by atoms with Crippen LogP contribution in [0.15, 0.2) is 39.8 Å². The first-order valence-corrected chi connectivity index (χ1v) is 15.3. The molecule has 3 heterocycles. The molecule has 1 N–H and O–H groups in total. The summed E-state index contributed by atoms with van der Waals surface area (Å²) in [6.45, 7) is -2.83. The van der Waals surface area contributed by atoms with E-state index in [1.54, 1.807) is 0 Å². The van der Waals surface area contributed by atoms with E-state index < -0.39 is 117 Å². The van der Waals surface area contributed by atoms with Crippen LogP contribution in [0.5, 0.6) is 5.75 Å². The first-order chi connectivity index (χ1) is 20.2. The van der Waals surface area contributed by atoms with Crippen LogP contribution in [-0.4, -0.2) is 96.1 Å². The van der Waals surface area contributed by atoms with E-state index >= 15 is 4.39 Å². The molecule has 2 aliphatic heterocycles. The molecule has 9 nitrogen and oxygen atoms in total. The molecule has 2 saturated heterocycles. The number of carboxylic acid groups (broad SMARTS) is 1. The van der Waals surface area contributed by atoms with Crippen molar-refractivity contribution in [3.05, 3.63) is 51.5 Å². The summed E-state index contributed by atoms with van der Waals surface area (Å²) in [5.41, 5.74) is -2.60. The predicted octanol–water partition coefficient (Wildman–Crippen LogP) is 4.61. The van der Waals surface area contributed by atoms with Crippen molar-refractivity contribution in [1.82, 2.24) is 14.8 Å². The first kappa shape index (κ1) is 34.2. The van der Waals surface area contributed by atoms with E-state index in [9.17, 15) is 49.5 Å². The van der Waals surface area contributed by atoms with Crippen molar-refractivity contribution in [2.45, 2.75) is 53.4 Å². The molecule has 0 saturated carbocycles. The largest absolute Gasteiger partial charge is 0.481 e. The number of ether oxygens (including phenoxy) is 1. The topological polar surface area (TPSA) is 117 Å². The molecule has 4 rings (SSSR count). The summed E-state index contributed by atoms with van der Waals surface area (Å²) < 4.78 is 125. The van der Waals surface area contributed by atoms with Gasteiger partial charge in [0.2, 0.25) is 5.91 Å². The van der Waals surface area contributed by atoms with Crippen molar-refractivity contribution in [3.63, 3.8) is 0 Å². The van der Waals surface area contributed by atoms with Crippen molar-refractivity contribution in [3.8, 4) is 5.75 Å². The Kier molecular flexibility index (Phi) is 9.25. The number of halogens is 9. The molecule has 0 aliphatic carbocycles. The molecule has 242 valence electrons. The molecule has 2 fully saturated rings. The number of sulfone groups is 1. The van der Waals surface area contributed by atoms with Gasteiger partial charge in [0.1, 0.15) is 23.0 Å². The molecule has 0 bridgehead atoms. The number of carboxylic acids is 1. The zero-order chi connectivity index (χ0) is 33.0. The van der Waals surface area contributed by atoms with Gasteiger partial charge < -0.3 is 14.7 Å². The Morgan fingerprint density at radius 1 is 1.20 bits per heavy atom. The molecule has 19 heteroatoms. The molecule has 44 heavy (non-hydrogen) atoms. The summed E-state index contributed by atoms with van der Waals surface area (Å²) >= 11 is 9.08. The summed E-state index contributed by atoms with van der Waals surface area (Å²) in [5, 5.41) is 7.74. The molecule has 1 aromatic carbocycles. The van der Waals surface area contributed by atoms with Crippen LogP contribution < -0.4 is 4.74 Å². The third-order valence-corrected chi connectivity index (χ3v) is 10.3. The van der Waals surface area contributed by atoms with Crippen molar-refractivity contribution in [2.75, 3.05) is 26.2 Å². The Morgan fingerprint density at radius 3 is 2.36 bits per heavy atom. The Balaban J connectivity index is 1.65. The van der Waals surface area contributed by atoms with Gasteiger partial charge in [-0.1, -0.05) is 11.6 Å². The van der Waals surface area contributed by atoms with E-state index in [0.29, 0.717) is 4.90 Å². The van der Waals surface area contributed by atoms with Crippen LogP contribution in [0.4, 0.5) is 30.7 Å². The third kappa shape index (κ3) is 6.77. The lowest BCUT2D eigenvalue weighted by atomic mass is 9.74. The summed E-state index contributed by atoms with van der Waals surface area (Å²) in [6.07, 6.45) is -11.2. The molecule has 3 atom stereocenters. The fraction of sp³-hybridized carbons (Fsp3) is 0.480. The van der Waals surface area contributed by atoms with Gasteiger partial charge in [-0.25, -0.2) is 17.6 Å². The number of nitrogens with zero attached hydrogens (tertiary/aromatic N) is 3. The van der Waals surface area contributed by atoms with E-state index in [0.717, 1.165) is 42.3 Å². The summed E-state index contributed by atoms with van der Waals surface area (Å²) in [4.78, 5) is 30.9. The monoisotopic (exact) mass is 739 g/mol. The number of alkyl halides is 6. The van der Waals surface area contributed by atoms with Crippen molar-refractivity contribution in [2.24, 2.45) is 0 Å². The summed E-state index contributed by atoms with van der Waals surface area (Å²) in [6, 6.07) is 1.79. The van der Waals surface area contributed by atoms with Gasteiger partial charge in [0, 0.05) is 36.4 Å². The number of aromatic nitrogens is 1. The highest BCUT2D eigenvalue weighted by Crippen LogP contribution is 2.42. The maximum absolute atomic E-state index is 15.0. The predicted molar refractivity (Wildman–Crippen MR) is 142 cm³/mol. The number of carbonyl (C=O) groups excluding carboxylic acids is 1. The van der Waals surface area contributed by atoms with Gasteiger partial charge in [-0.15, -0.1) is 0 Å². The maximum atomic E-state index is 15.0. The molecular weight excluding hydrogens is 719 g/mol. The number of amides is 1. The Bertz CT molecular complexity index is 1570. The number of benzene rings is 1. The highest BCUT2D eigenvalue weighted by molar-refractivity contribution is 9.10. The number of hydrogen-bond donors (Lipinski definition) is 1. The SMILES string of the molecule is C[C@H](Oc1ccc(S(=O)(=O)C2CC(C(=O)O)N(C(=O)C3(c4ncc(Br)cc4F)CN(CC(F)(F)F)C3)C2)c(Cl)c1)C(F)(F)F. The highest BCUT2D eigenvalue weighted by atomic mass is 79.9. The van der Waals surface area contributed by atoms with Crippen molar-refractivity contribution < 1.29 is 58.6 Å². The van der Waals surface area contributed by atoms with E-state index in [1.165, 1.54) is 0 Å². The van der Waals surface area contributed by atoms with Gasteiger partial charge in [-0.05, 0) is 47.5 Å². The standard InChI is InChI=1S/C25H22BrClF7N3O6S/c1-12(25(32,33)34)43-14-2-3-19(16(27)5-14)44(41,42)15-6-18(21(38)39)37(8-15)22(40)23(9-36(10-23)11-24(29,30)31)20-17(28)4-13(26)7-35-20/h2-5,7,12,15,18H,6,8-11H2,1H3,(H,38,39)/t12-,15?,18?/m0/s1. The molecule has 1 aromatic heterocycles. The number of hydrogen-bond acceptors (Lipinski definition) is 7. The molecule has 1 amide bonds. The van der Waals surface area contributed by atoms with Crippen LogP contribution in [0.3, 0.4) is 0 Å². The zero-order valence-corrected chi connectivity index (χ0v) is 25.5. The van der Waals surface area contributed by atoms with Crippen LogP contribution in [0.2, 0.25) is 5.02 Å². The van der Waals surface area contributed by atoms with Crippen molar-refractivity contribution >= 4 is 49.2 Å². The van der Waals surface area contributed by atoms with Gasteiger partial charge in [0.25, 0.3) is 0 Å². The molecule has 0 spiro atoms. The van der Waals surface area contributed by atoms with Crippen LogP contribution in [0.25, 0.3) is 0 Å². The molecular formula is C25H22BrClF7N3O6S. The van der Waals surface area contributed by atoms with Gasteiger partial charge in [0.05, 0.1) is 27.4 Å². The lowest BCUT2D eigenvalue weighted by molar-refractivity contribution is -0.189. The number of rotatable bonds is 8. The molecule has 2 aromatic rings. The smallest absolute Gasteiger partial charge is 0.425 e. The Morgan fingerprint density at radius 2 is 1.84 bits per heavy atom. The highest BCUT2D eigenvalue weighted by Gasteiger charge is 2.59. The van der Waals surface area contributed by atoms with E-state index in [-0.39, 0.29) is 4.47 Å². The van der Waals surface area contributed by atoms with Crippen LogP contribution in [0.1, 0.15) is 19.0 Å². The minimum Gasteiger partial charge on any atom is -0.481 e. The van der Waals surface area contributed by atoms with Crippen molar-refractivity contribution in [1.29, 1.82) is 0 Å². The molecule has 0 radical (unpaired) electrons. The Labute approximate surface area is 259 Å². The van der Waals surface area contributed by atoms with E-state index in [2.05, 4.69) is 20.9 Å². The van der Waals surface area contributed by atoms with Crippen LogP contribution in [-0.2, 0) is 24.8 Å². The quantitative estimate of drug-likeness (QED) is 0.391. The van der Waals surface area contributed by atoms with Crippen LogP contribution in [0, 0.1) is 5.82 Å². The fourth-order valence-electron chi connectivity index (χ4n) is 5.23. The lowest BCUT2D eigenvalue weighted by Crippen LogP contribution is -2.69. The molecule has 2 unspecified atom stereocenters. The Hall–Kier alpha value is -2.70. The summed E-state index contributed by atoms with van der Waals surface area (Å²) in [7, 11) is -4.55. The van der Waals surface area contributed by atoms with Gasteiger partial charge in [0.15, 0.2) is 15.9 Å². The lowest BCUT2D eigenvalue weighted by Gasteiger charge is -2.50. The fourth-order valence-corrected chi connectivity index (χ4v) is 7.76. The number of carbonyl (C=O) groups is 2.